The molecule has 0 bridgehead atoms. The quantitative estimate of drug-likeness (QED) is 0.623. The molecule has 0 spiro atoms. The minimum Gasteiger partial charge on any atom is -0.383 e. The Labute approximate surface area is 115 Å². The maximum Gasteiger partial charge on any atom is 0.0983 e. The van der Waals surface area contributed by atoms with Crippen LogP contribution in [0.4, 0.5) is 5.69 Å². The average Bonchev–Trinajstić information content (AvgIpc) is 2.40. The van der Waals surface area contributed by atoms with Crippen LogP contribution in [0.15, 0.2) is 29.4 Å². The van der Waals surface area contributed by atoms with Crippen LogP contribution in [0.25, 0.3) is 0 Å². The van der Waals surface area contributed by atoms with Crippen LogP contribution in [0.5, 0.6) is 0 Å². The van der Waals surface area contributed by atoms with Crippen molar-refractivity contribution in [2.75, 3.05) is 18.4 Å². The lowest BCUT2D eigenvalue weighted by Gasteiger charge is -2.34. The first-order valence-electron chi connectivity index (χ1n) is 7.24. The van der Waals surface area contributed by atoms with Gasteiger partial charge >= 0.3 is 0 Å². The SMILES string of the molecule is CC1(C)CCC(c2ccc(NCCN=O)cc2)CC1. The number of hydrogen-bond acceptors (Lipinski definition) is 3. The first-order valence-corrected chi connectivity index (χ1v) is 7.24. The molecule has 1 aliphatic rings. The molecule has 1 N–H and O–H groups in total. The zero-order valence-corrected chi connectivity index (χ0v) is 12.0. The Morgan fingerprint density at radius 1 is 1.21 bits per heavy atom. The molecule has 0 radical (unpaired) electrons. The van der Waals surface area contributed by atoms with E-state index in [0.29, 0.717) is 18.5 Å². The van der Waals surface area contributed by atoms with Crippen molar-refractivity contribution in [2.45, 2.75) is 45.4 Å². The number of benzene rings is 1. The van der Waals surface area contributed by atoms with Crippen LogP contribution < -0.4 is 5.32 Å². The van der Waals surface area contributed by atoms with Crippen LogP contribution in [0, 0.1) is 10.3 Å². The molecule has 0 unspecified atom stereocenters. The van der Waals surface area contributed by atoms with Crippen molar-refractivity contribution in [2.24, 2.45) is 10.6 Å². The van der Waals surface area contributed by atoms with Gasteiger partial charge in [-0.05, 0) is 54.7 Å². The third kappa shape index (κ3) is 4.05. The van der Waals surface area contributed by atoms with E-state index < -0.39 is 0 Å². The van der Waals surface area contributed by atoms with E-state index >= 15 is 0 Å². The molecule has 3 heteroatoms. The molecule has 0 heterocycles. The minimum atomic E-state index is 0.319. The fraction of sp³-hybridized carbons (Fsp3) is 0.625. The standard InChI is InChI=1S/C16H24N2O/c1-16(2)9-7-14(8-10-16)13-3-5-15(6-4-13)17-11-12-18-19/h3-6,14,17H,7-12H2,1-2H3. The fourth-order valence-electron chi connectivity index (χ4n) is 2.85. The van der Waals surface area contributed by atoms with Gasteiger partial charge in [-0.2, -0.15) is 4.91 Å². The summed E-state index contributed by atoms with van der Waals surface area (Å²) in [6.45, 7) is 5.68. The van der Waals surface area contributed by atoms with Crippen molar-refractivity contribution in [3.63, 3.8) is 0 Å². The Hall–Kier alpha value is -1.38. The Balaban J connectivity index is 1.90. The van der Waals surface area contributed by atoms with Crippen molar-refractivity contribution in [1.29, 1.82) is 0 Å². The average molecular weight is 260 g/mol. The van der Waals surface area contributed by atoms with Crippen LogP contribution in [0.2, 0.25) is 0 Å². The molecule has 1 aliphatic carbocycles. The highest BCUT2D eigenvalue weighted by Gasteiger charge is 2.27. The van der Waals surface area contributed by atoms with E-state index in [4.69, 9.17) is 0 Å². The van der Waals surface area contributed by atoms with Crippen molar-refractivity contribution in [1.82, 2.24) is 0 Å². The zero-order chi connectivity index (χ0) is 13.7. The van der Waals surface area contributed by atoms with Gasteiger partial charge in [0.2, 0.25) is 0 Å². The molecule has 3 nitrogen and oxygen atoms in total. The molecule has 0 saturated heterocycles. The molecule has 1 aromatic rings. The predicted octanol–water partition coefficient (Wildman–Crippen LogP) is 4.55. The molecule has 1 saturated carbocycles. The molecule has 1 aromatic carbocycles. The smallest absolute Gasteiger partial charge is 0.0983 e. The summed E-state index contributed by atoms with van der Waals surface area (Å²) < 4.78 is 0. The highest BCUT2D eigenvalue weighted by Crippen LogP contribution is 2.42. The van der Waals surface area contributed by atoms with Crippen LogP contribution in [0.3, 0.4) is 0 Å². The van der Waals surface area contributed by atoms with E-state index in [9.17, 15) is 4.91 Å². The van der Waals surface area contributed by atoms with Gasteiger partial charge in [-0.25, -0.2) is 0 Å². The van der Waals surface area contributed by atoms with Gasteiger partial charge in [-0.15, -0.1) is 0 Å². The number of rotatable bonds is 5. The van der Waals surface area contributed by atoms with Crippen molar-refractivity contribution in [3.05, 3.63) is 34.7 Å². The van der Waals surface area contributed by atoms with E-state index in [1.54, 1.807) is 0 Å². The molecule has 0 amide bonds. The zero-order valence-electron chi connectivity index (χ0n) is 12.0. The first-order chi connectivity index (χ1) is 9.11. The van der Waals surface area contributed by atoms with Gasteiger partial charge in [0.25, 0.3) is 0 Å². The van der Waals surface area contributed by atoms with Crippen LogP contribution >= 0.6 is 0 Å². The van der Waals surface area contributed by atoms with E-state index in [1.165, 1.54) is 31.2 Å². The monoisotopic (exact) mass is 260 g/mol. The lowest BCUT2D eigenvalue weighted by Crippen LogP contribution is -2.20. The Bertz CT molecular complexity index is 401. The first kappa shape index (κ1) is 14.0. The maximum absolute atomic E-state index is 10.0. The summed E-state index contributed by atoms with van der Waals surface area (Å²) in [4.78, 5) is 10.0. The van der Waals surface area contributed by atoms with E-state index in [-0.39, 0.29) is 0 Å². The lowest BCUT2D eigenvalue weighted by atomic mass is 9.71. The Morgan fingerprint density at radius 2 is 1.84 bits per heavy atom. The summed E-state index contributed by atoms with van der Waals surface area (Å²) in [5, 5.41) is 6.04. The van der Waals surface area contributed by atoms with E-state index in [0.717, 1.165) is 11.6 Å². The molecule has 1 fully saturated rings. The molecule has 0 atom stereocenters. The summed E-state index contributed by atoms with van der Waals surface area (Å²) in [5.41, 5.74) is 3.05. The molecule has 19 heavy (non-hydrogen) atoms. The van der Waals surface area contributed by atoms with Crippen molar-refractivity contribution in [3.8, 4) is 0 Å². The number of anilines is 1. The third-order valence-corrected chi connectivity index (χ3v) is 4.25. The van der Waals surface area contributed by atoms with Crippen molar-refractivity contribution < 1.29 is 0 Å². The van der Waals surface area contributed by atoms with Crippen LogP contribution in [-0.2, 0) is 0 Å². The molecule has 0 aromatic heterocycles. The molecule has 104 valence electrons. The normalized spacial score (nSPS) is 19.1. The number of nitrogens with one attached hydrogen (secondary N) is 1. The second-order valence-corrected chi connectivity index (χ2v) is 6.34. The highest BCUT2D eigenvalue weighted by molar-refractivity contribution is 5.45. The fourth-order valence-corrected chi connectivity index (χ4v) is 2.85. The summed E-state index contributed by atoms with van der Waals surface area (Å²) in [7, 11) is 0. The van der Waals surface area contributed by atoms with Gasteiger partial charge in [-0.1, -0.05) is 31.2 Å². The van der Waals surface area contributed by atoms with Crippen LogP contribution in [-0.4, -0.2) is 13.1 Å². The Kier molecular flexibility index (Phi) is 4.56. The van der Waals surface area contributed by atoms with Gasteiger partial charge in [0, 0.05) is 12.2 Å². The second-order valence-electron chi connectivity index (χ2n) is 6.34. The molecular formula is C16H24N2O. The maximum atomic E-state index is 10.0. The topological polar surface area (TPSA) is 41.5 Å². The number of nitroso groups, excluding NO2 is 1. The molecule has 2 rings (SSSR count). The van der Waals surface area contributed by atoms with Gasteiger partial charge in [0.15, 0.2) is 0 Å². The minimum absolute atomic E-state index is 0.319. The largest absolute Gasteiger partial charge is 0.383 e. The highest BCUT2D eigenvalue weighted by atomic mass is 16.3. The predicted molar refractivity (Wildman–Crippen MR) is 80.6 cm³/mol. The summed E-state index contributed by atoms with van der Waals surface area (Å²) in [5.74, 6) is 0.721. The van der Waals surface area contributed by atoms with E-state index in [2.05, 4.69) is 48.6 Å². The Morgan fingerprint density at radius 3 is 2.42 bits per heavy atom. The third-order valence-electron chi connectivity index (χ3n) is 4.25. The summed E-state index contributed by atoms with van der Waals surface area (Å²) in [6.07, 6.45) is 5.25. The van der Waals surface area contributed by atoms with Crippen molar-refractivity contribution >= 4 is 5.69 Å². The summed E-state index contributed by atoms with van der Waals surface area (Å²) >= 11 is 0. The number of nitrogens with zero attached hydrogens (tertiary/aromatic N) is 1. The number of hydrogen-bond donors (Lipinski definition) is 1. The summed E-state index contributed by atoms with van der Waals surface area (Å²) in [6, 6.07) is 8.67. The van der Waals surface area contributed by atoms with Gasteiger partial charge < -0.3 is 5.32 Å². The lowest BCUT2D eigenvalue weighted by molar-refractivity contribution is 0.224. The van der Waals surface area contributed by atoms with E-state index in [1.807, 2.05) is 0 Å². The molecular weight excluding hydrogens is 236 g/mol. The second kappa shape index (κ2) is 6.18. The van der Waals surface area contributed by atoms with Gasteiger partial charge in [0.05, 0.1) is 6.54 Å². The van der Waals surface area contributed by atoms with Gasteiger partial charge in [0.1, 0.15) is 0 Å². The molecule has 0 aliphatic heterocycles. The van der Waals surface area contributed by atoms with Crippen LogP contribution in [0.1, 0.15) is 51.0 Å². The van der Waals surface area contributed by atoms with Gasteiger partial charge in [-0.3, -0.25) is 0 Å².